The lowest BCUT2D eigenvalue weighted by atomic mass is 9.83. The number of hydrogen-bond acceptors (Lipinski definition) is 2. The topological polar surface area (TPSA) is 37.4 Å². The lowest BCUT2D eigenvalue weighted by Gasteiger charge is -2.24. The highest BCUT2D eigenvalue weighted by Crippen LogP contribution is 2.42. The predicted octanol–water partition coefficient (Wildman–Crippen LogP) is 3.94. The summed E-state index contributed by atoms with van der Waals surface area (Å²) in [5, 5.41) is 0. The quantitative estimate of drug-likeness (QED) is 0.767. The van der Waals surface area contributed by atoms with Crippen molar-refractivity contribution in [2.75, 3.05) is 4.90 Å². The van der Waals surface area contributed by atoms with Crippen LogP contribution >= 0.6 is 0 Å². The van der Waals surface area contributed by atoms with Crippen LogP contribution in [-0.4, -0.2) is 11.8 Å². The molecule has 110 valence electrons. The van der Waals surface area contributed by atoms with Gasteiger partial charge in [0.1, 0.15) is 0 Å². The maximum absolute atomic E-state index is 12.8. The van der Waals surface area contributed by atoms with Crippen LogP contribution in [-0.2, 0) is 9.59 Å². The fourth-order valence-electron chi connectivity index (χ4n) is 3.40. The zero-order chi connectivity index (χ0) is 15.0. The number of nitrogens with zero attached hydrogens (tertiary/aromatic N) is 1. The molecule has 3 heterocycles. The molecule has 3 heteroatoms. The van der Waals surface area contributed by atoms with Crippen LogP contribution in [0.15, 0.2) is 35.4 Å². The first kappa shape index (κ1) is 14.1. The Kier molecular flexibility index (Phi) is 3.66. The van der Waals surface area contributed by atoms with E-state index in [1.165, 1.54) is 4.90 Å². The maximum Gasteiger partial charge on any atom is 0.262 e. The van der Waals surface area contributed by atoms with Gasteiger partial charge in [-0.2, -0.15) is 0 Å². The number of benzene rings is 1. The van der Waals surface area contributed by atoms with E-state index in [0.29, 0.717) is 12.1 Å². The molecule has 2 amide bonds. The van der Waals surface area contributed by atoms with E-state index in [2.05, 4.69) is 26.0 Å². The van der Waals surface area contributed by atoms with E-state index >= 15 is 0 Å². The van der Waals surface area contributed by atoms with Crippen molar-refractivity contribution in [1.82, 2.24) is 0 Å². The van der Waals surface area contributed by atoms with Gasteiger partial charge in [0.05, 0.1) is 5.69 Å². The van der Waals surface area contributed by atoms with E-state index < -0.39 is 0 Å². The van der Waals surface area contributed by atoms with Crippen molar-refractivity contribution < 1.29 is 9.59 Å². The van der Waals surface area contributed by atoms with Crippen molar-refractivity contribution in [3.05, 3.63) is 41.0 Å². The molecule has 0 aliphatic carbocycles. The zero-order valence-corrected chi connectivity index (χ0v) is 12.7. The van der Waals surface area contributed by atoms with Crippen molar-refractivity contribution in [3.63, 3.8) is 0 Å². The Morgan fingerprint density at radius 3 is 2.33 bits per heavy atom. The summed E-state index contributed by atoms with van der Waals surface area (Å²) in [7, 11) is 0. The van der Waals surface area contributed by atoms with E-state index in [4.69, 9.17) is 0 Å². The third-order valence-corrected chi connectivity index (χ3v) is 4.48. The van der Waals surface area contributed by atoms with Crippen LogP contribution in [0.1, 0.15) is 57.4 Å². The summed E-state index contributed by atoms with van der Waals surface area (Å²) >= 11 is 0. The van der Waals surface area contributed by atoms with Crippen molar-refractivity contribution in [3.8, 4) is 0 Å². The number of fused-ring (bicyclic) bond motifs is 2. The third-order valence-electron chi connectivity index (χ3n) is 4.48. The van der Waals surface area contributed by atoms with Gasteiger partial charge in [-0.1, -0.05) is 38.8 Å². The van der Waals surface area contributed by atoms with Crippen LogP contribution in [0.25, 0.3) is 0 Å². The predicted molar refractivity (Wildman–Crippen MR) is 83.1 cm³/mol. The lowest BCUT2D eigenvalue weighted by Crippen LogP contribution is -2.33. The molecule has 0 radical (unpaired) electrons. The minimum absolute atomic E-state index is 0.0673. The summed E-state index contributed by atoms with van der Waals surface area (Å²) < 4.78 is 0. The number of unbranched alkanes of at least 4 members (excludes halogenated alkanes) is 1. The molecule has 0 saturated heterocycles. The van der Waals surface area contributed by atoms with E-state index in [-0.39, 0.29) is 17.7 Å². The minimum atomic E-state index is -0.1000. The molecule has 3 nitrogen and oxygen atoms in total. The molecule has 3 aliphatic rings. The molecule has 4 bridgehead atoms. The van der Waals surface area contributed by atoms with Crippen molar-refractivity contribution in [2.45, 2.75) is 51.9 Å². The van der Waals surface area contributed by atoms with E-state index in [1.54, 1.807) is 0 Å². The van der Waals surface area contributed by atoms with E-state index in [0.717, 1.165) is 42.4 Å². The first-order valence-electron chi connectivity index (χ1n) is 7.90. The summed E-state index contributed by atoms with van der Waals surface area (Å²) in [6.07, 6.45) is 4.61. The molecule has 1 aromatic rings. The van der Waals surface area contributed by atoms with Gasteiger partial charge in [-0.3, -0.25) is 9.59 Å². The van der Waals surface area contributed by atoms with Gasteiger partial charge in [0, 0.05) is 17.1 Å². The number of amides is 2. The molecule has 4 rings (SSSR count). The second-order valence-electron chi connectivity index (χ2n) is 5.87. The summed E-state index contributed by atoms with van der Waals surface area (Å²) in [6, 6.07) is 7.91. The summed E-state index contributed by atoms with van der Waals surface area (Å²) in [6.45, 7) is 4.23. The van der Waals surface area contributed by atoms with Gasteiger partial charge < -0.3 is 0 Å². The molecule has 0 fully saturated rings. The molecule has 0 spiro atoms. The Balaban J connectivity index is 2.16. The Morgan fingerprint density at radius 2 is 1.71 bits per heavy atom. The number of carbonyl (C=O) groups excluding carboxylic acids is 2. The summed E-state index contributed by atoms with van der Waals surface area (Å²) in [5.41, 5.74) is 3.37. The fraction of sp³-hybridized carbons (Fsp3) is 0.444. The van der Waals surface area contributed by atoms with Crippen LogP contribution in [0.5, 0.6) is 0 Å². The first-order chi connectivity index (χ1) is 10.2. The molecule has 0 aromatic heterocycles. The molecule has 0 saturated carbocycles. The lowest BCUT2D eigenvalue weighted by molar-refractivity contribution is -0.120. The Labute approximate surface area is 125 Å². The van der Waals surface area contributed by atoms with Gasteiger partial charge >= 0.3 is 0 Å². The van der Waals surface area contributed by atoms with Gasteiger partial charge in [-0.25, -0.2) is 4.90 Å². The van der Waals surface area contributed by atoms with Crippen LogP contribution in [0.2, 0.25) is 0 Å². The first-order valence-corrected chi connectivity index (χ1v) is 7.90. The normalized spacial score (nSPS) is 20.3. The smallest absolute Gasteiger partial charge is 0.262 e. The average Bonchev–Trinajstić information content (AvgIpc) is 2.76. The minimum Gasteiger partial charge on any atom is -0.269 e. The van der Waals surface area contributed by atoms with Crippen LogP contribution < -0.4 is 4.90 Å². The number of imide groups is 1. The highest BCUT2D eigenvalue weighted by molar-refractivity contribution is 6.33. The Hall–Kier alpha value is -1.90. The Bertz CT molecular complexity index is 613. The Morgan fingerprint density at radius 1 is 1.00 bits per heavy atom. The zero-order valence-electron chi connectivity index (χ0n) is 12.7. The molecule has 0 N–H and O–H groups in total. The van der Waals surface area contributed by atoms with E-state index in [1.807, 2.05) is 12.1 Å². The second kappa shape index (κ2) is 5.47. The molecule has 3 aliphatic heterocycles. The maximum atomic E-state index is 12.8. The van der Waals surface area contributed by atoms with Crippen LogP contribution in [0.4, 0.5) is 5.69 Å². The molecule has 1 aromatic carbocycles. The molecule has 1 atom stereocenters. The molecule has 1 unspecified atom stereocenters. The van der Waals surface area contributed by atoms with Gasteiger partial charge in [-0.05, 0) is 37.0 Å². The number of hydrogen-bond donors (Lipinski definition) is 0. The van der Waals surface area contributed by atoms with Gasteiger partial charge in [-0.15, -0.1) is 0 Å². The van der Waals surface area contributed by atoms with Gasteiger partial charge in [0.2, 0.25) is 0 Å². The number of anilines is 1. The highest BCUT2D eigenvalue weighted by atomic mass is 16.2. The monoisotopic (exact) mass is 283 g/mol. The number of carbonyl (C=O) groups is 2. The largest absolute Gasteiger partial charge is 0.269 e. The standard InChI is InChI=1S/C18H21NO2/c1-3-5-7-15-16-14(6-4-2)12-8-10-13(11-9-12)19(17(15)20)18(16)21/h8-11,14H,3-7H2,1-2H3. The SMILES string of the molecule is CCCCC1=C2C(=O)N(C1=O)c1ccc(cc1)C2CCC. The molecular formula is C18H21NO2. The van der Waals surface area contributed by atoms with Gasteiger partial charge in [0.25, 0.3) is 11.8 Å². The average molecular weight is 283 g/mol. The molecule has 21 heavy (non-hydrogen) atoms. The fourth-order valence-corrected chi connectivity index (χ4v) is 3.40. The van der Waals surface area contributed by atoms with Crippen molar-refractivity contribution in [2.24, 2.45) is 0 Å². The van der Waals surface area contributed by atoms with Crippen molar-refractivity contribution >= 4 is 17.5 Å². The second-order valence-corrected chi connectivity index (χ2v) is 5.87. The van der Waals surface area contributed by atoms with Crippen LogP contribution in [0, 0.1) is 0 Å². The summed E-state index contributed by atoms with van der Waals surface area (Å²) in [5.74, 6) is -0.125. The summed E-state index contributed by atoms with van der Waals surface area (Å²) in [4.78, 5) is 26.8. The third kappa shape index (κ3) is 2.11. The highest BCUT2D eigenvalue weighted by Gasteiger charge is 2.43. The van der Waals surface area contributed by atoms with Gasteiger partial charge in [0.15, 0.2) is 0 Å². The van der Waals surface area contributed by atoms with Crippen molar-refractivity contribution in [1.29, 1.82) is 0 Å². The van der Waals surface area contributed by atoms with E-state index in [9.17, 15) is 9.59 Å². The van der Waals surface area contributed by atoms with Crippen LogP contribution in [0.3, 0.4) is 0 Å². The number of rotatable bonds is 5. The molecular weight excluding hydrogens is 262 g/mol.